The van der Waals surface area contributed by atoms with Crippen molar-refractivity contribution in [3.8, 4) is 5.75 Å². The first-order chi connectivity index (χ1) is 15.8. The van der Waals surface area contributed by atoms with Crippen LogP contribution in [-0.2, 0) is 21.4 Å². The molecule has 1 N–H and O–H groups in total. The highest BCUT2D eigenvalue weighted by Crippen LogP contribution is 2.20. The summed E-state index contributed by atoms with van der Waals surface area (Å²) in [4.78, 5) is 12.6. The SMILES string of the molecule is COc1ccccc1/C=N/NC(=O)CN(Cc1ccccc1F)S(=O)(=O)c1ccc(C)cc1. The quantitative estimate of drug-likeness (QED) is 0.384. The molecule has 0 bridgehead atoms. The number of para-hydroxylation sites is 1. The highest BCUT2D eigenvalue weighted by Gasteiger charge is 2.27. The zero-order valence-electron chi connectivity index (χ0n) is 18.2. The zero-order chi connectivity index (χ0) is 23.8. The summed E-state index contributed by atoms with van der Waals surface area (Å²) < 4.78 is 46.9. The molecule has 3 aromatic rings. The van der Waals surface area contributed by atoms with E-state index in [0.717, 1.165) is 9.87 Å². The molecule has 0 aliphatic heterocycles. The van der Waals surface area contributed by atoms with E-state index in [1.54, 1.807) is 42.5 Å². The van der Waals surface area contributed by atoms with Gasteiger partial charge in [-0.2, -0.15) is 9.41 Å². The number of ether oxygens (including phenoxy) is 1. The molecule has 3 aromatic carbocycles. The summed E-state index contributed by atoms with van der Waals surface area (Å²) in [6, 6.07) is 19.1. The Morgan fingerprint density at radius 2 is 1.73 bits per heavy atom. The number of nitrogens with zero attached hydrogens (tertiary/aromatic N) is 2. The van der Waals surface area contributed by atoms with Crippen molar-refractivity contribution in [1.82, 2.24) is 9.73 Å². The minimum atomic E-state index is -4.08. The topological polar surface area (TPSA) is 88.1 Å². The number of carbonyl (C=O) groups excluding carboxylic acids is 1. The number of hydrogen-bond acceptors (Lipinski definition) is 5. The molecule has 0 heterocycles. The van der Waals surface area contributed by atoms with Crippen LogP contribution in [0.25, 0.3) is 0 Å². The van der Waals surface area contributed by atoms with Gasteiger partial charge in [-0.1, -0.05) is 48.0 Å². The lowest BCUT2D eigenvalue weighted by atomic mass is 10.2. The van der Waals surface area contributed by atoms with Crippen LogP contribution < -0.4 is 10.2 Å². The van der Waals surface area contributed by atoms with Crippen molar-refractivity contribution in [2.45, 2.75) is 18.4 Å². The first-order valence-electron chi connectivity index (χ1n) is 10.1. The van der Waals surface area contributed by atoms with Gasteiger partial charge in [0.1, 0.15) is 11.6 Å². The lowest BCUT2D eigenvalue weighted by Crippen LogP contribution is -2.39. The number of benzene rings is 3. The lowest BCUT2D eigenvalue weighted by Gasteiger charge is -2.22. The van der Waals surface area contributed by atoms with Crippen LogP contribution in [0.4, 0.5) is 4.39 Å². The number of nitrogens with one attached hydrogen (secondary N) is 1. The van der Waals surface area contributed by atoms with Crippen LogP contribution in [-0.4, -0.2) is 38.5 Å². The number of aryl methyl sites for hydroxylation is 1. The van der Waals surface area contributed by atoms with Crippen molar-refractivity contribution in [2.24, 2.45) is 5.10 Å². The third-order valence-corrected chi connectivity index (χ3v) is 6.62. The number of amides is 1. The maximum atomic E-state index is 14.2. The van der Waals surface area contributed by atoms with Gasteiger partial charge in [-0.25, -0.2) is 18.2 Å². The Kier molecular flexibility index (Phi) is 7.92. The third-order valence-electron chi connectivity index (χ3n) is 4.82. The number of halogens is 1. The molecule has 33 heavy (non-hydrogen) atoms. The van der Waals surface area contributed by atoms with Crippen molar-refractivity contribution in [3.05, 3.63) is 95.3 Å². The fraction of sp³-hybridized carbons (Fsp3) is 0.167. The van der Waals surface area contributed by atoms with Crippen molar-refractivity contribution in [1.29, 1.82) is 0 Å². The van der Waals surface area contributed by atoms with Gasteiger partial charge in [0.2, 0.25) is 10.0 Å². The molecule has 0 unspecified atom stereocenters. The summed E-state index contributed by atoms with van der Waals surface area (Å²) in [6.45, 7) is 0.973. The van der Waals surface area contributed by atoms with E-state index in [1.807, 2.05) is 6.92 Å². The minimum absolute atomic E-state index is 0.00904. The van der Waals surface area contributed by atoms with Gasteiger partial charge in [0, 0.05) is 17.7 Å². The number of rotatable bonds is 9. The molecule has 0 aliphatic carbocycles. The largest absolute Gasteiger partial charge is 0.496 e. The highest BCUT2D eigenvalue weighted by atomic mass is 32.2. The summed E-state index contributed by atoms with van der Waals surface area (Å²) in [5.74, 6) is -0.664. The number of hydrazone groups is 1. The standard InChI is InChI=1S/C24H24FN3O4S/c1-18-11-13-21(14-12-18)33(30,31)28(16-20-8-3-5-9-22(20)25)17-24(29)27-26-15-19-7-4-6-10-23(19)32-2/h3-15H,16-17H2,1-2H3,(H,27,29)/b26-15+. The van der Waals surface area contributed by atoms with Gasteiger partial charge in [0.25, 0.3) is 5.91 Å². The fourth-order valence-corrected chi connectivity index (χ4v) is 4.42. The summed E-state index contributed by atoms with van der Waals surface area (Å²) in [7, 11) is -2.57. The zero-order valence-corrected chi connectivity index (χ0v) is 19.0. The van der Waals surface area contributed by atoms with E-state index < -0.39 is 28.3 Å². The second-order valence-corrected chi connectivity index (χ2v) is 9.15. The van der Waals surface area contributed by atoms with Gasteiger partial charge in [-0.05, 0) is 37.3 Å². The van der Waals surface area contributed by atoms with Gasteiger partial charge in [-0.15, -0.1) is 0 Å². The Morgan fingerprint density at radius 3 is 2.42 bits per heavy atom. The Labute approximate surface area is 192 Å². The third kappa shape index (κ3) is 6.24. The molecule has 0 fully saturated rings. The highest BCUT2D eigenvalue weighted by molar-refractivity contribution is 7.89. The average Bonchev–Trinajstić information content (AvgIpc) is 2.80. The van der Waals surface area contributed by atoms with Crippen LogP contribution in [0.3, 0.4) is 0 Å². The van der Waals surface area contributed by atoms with E-state index in [1.165, 1.54) is 43.7 Å². The van der Waals surface area contributed by atoms with E-state index >= 15 is 0 Å². The first-order valence-corrected chi connectivity index (χ1v) is 11.5. The van der Waals surface area contributed by atoms with Crippen molar-refractivity contribution >= 4 is 22.1 Å². The van der Waals surface area contributed by atoms with Crippen LogP contribution in [0.15, 0.2) is 82.8 Å². The summed E-state index contributed by atoms with van der Waals surface area (Å²) in [6.07, 6.45) is 1.40. The molecule has 0 radical (unpaired) electrons. The molecular formula is C24H24FN3O4S. The van der Waals surface area contributed by atoms with Gasteiger partial charge in [-0.3, -0.25) is 4.79 Å². The monoisotopic (exact) mass is 469 g/mol. The predicted octanol–water partition coefficient (Wildman–Crippen LogP) is 3.48. The Morgan fingerprint density at radius 1 is 1.06 bits per heavy atom. The normalized spacial score (nSPS) is 11.6. The van der Waals surface area contributed by atoms with Gasteiger partial charge in [0.15, 0.2) is 0 Å². The molecule has 172 valence electrons. The van der Waals surface area contributed by atoms with Gasteiger partial charge >= 0.3 is 0 Å². The summed E-state index contributed by atoms with van der Waals surface area (Å²) >= 11 is 0. The van der Waals surface area contributed by atoms with Crippen LogP contribution in [0.2, 0.25) is 0 Å². The number of carbonyl (C=O) groups is 1. The first kappa shape index (κ1) is 24.1. The van der Waals surface area contributed by atoms with Crippen molar-refractivity contribution in [2.75, 3.05) is 13.7 Å². The molecule has 1 amide bonds. The molecule has 0 saturated heterocycles. The molecular weight excluding hydrogens is 445 g/mol. The van der Waals surface area contributed by atoms with Crippen LogP contribution in [0.5, 0.6) is 5.75 Å². The van der Waals surface area contributed by atoms with Crippen molar-refractivity contribution < 1.29 is 22.3 Å². The maximum Gasteiger partial charge on any atom is 0.255 e. The smallest absolute Gasteiger partial charge is 0.255 e. The molecule has 0 atom stereocenters. The number of methoxy groups -OCH3 is 1. The molecule has 7 nitrogen and oxygen atoms in total. The van der Waals surface area contributed by atoms with Crippen molar-refractivity contribution in [3.63, 3.8) is 0 Å². The molecule has 9 heteroatoms. The Hall–Kier alpha value is -3.56. The fourth-order valence-electron chi connectivity index (χ4n) is 3.04. The molecule has 0 aromatic heterocycles. The molecule has 0 spiro atoms. The van der Waals surface area contributed by atoms with Gasteiger partial charge < -0.3 is 4.74 Å². The van der Waals surface area contributed by atoms with Gasteiger partial charge in [0.05, 0.1) is 24.8 Å². The molecule has 3 rings (SSSR count). The Bertz CT molecular complexity index is 1240. The van der Waals surface area contributed by atoms with Crippen LogP contribution in [0, 0.1) is 12.7 Å². The van der Waals surface area contributed by atoms with E-state index in [-0.39, 0.29) is 17.0 Å². The second kappa shape index (κ2) is 10.8. The van der Waals surface area contributed by atoms with E-state index in [4.69, 9.17) is 4.74 Å². The molecule has 0 saturated carbocycles. The second-order valence-electron chi connectivity index (χ2n) is 7.21. The lowest BCUT2D eigenvalue weighted by molar-refractivity contribution is -0.121. The summed E-state index contributed by atoms with van der Waals surface area (Å²) in [5.41, 5.74) is 3.99. The van der Waals surface area contributed by atoms with E-state index in [2.05, 4.69) is 10.5 Å². The number of hydrogen-bond donors (Lipinski definition) is 1. The Balaban J connectivity index is 1.81. The summed E-state index contributed by atoms with van der Waals surface area (Å²) in [5, 5.41) is 3.89. The van der Waals surface area contributed by atoms with Crippen LogP contribution >= 0.6 is 0 Å². The number of sulfonamides is 1. The van der Waals surface area contributed by atoms with Crippen LogP contribution in [0.1, 0.15) is 16.7 Å². The van der Waals surface area contributed by atoms with E-state index in [0.29, 0.717) is 11.3 Å². The average molecular weight is 470 g/mol. The molecule has 0 aliphatic rings. The van der Waals surface area contributed by atoms with E-state index in [9.17, 15) is 17.6 Å². The minimum Gasteiger partial charge on any atom is -0.496 e. The maximum absolute atomic E-state index is 14.2. The predicted molar refractivity (Wildman–Crippen MR) is 124 cm³/mol.